The third kappa shape index (κ3) is 3.75. The van der Waals surface area contributed by atoms with Crippen molar-refractivity contribution in [3.63, 3.8) is 0 Å². The van der Waals surface area contributed by atoms with E-state index in [-0.39, 0.29) is 5.91 Å². The van der Waals surface area contributed by atoms with Gasteiger partial charge in [-0.1, -0.05) is 54.1 Å². The number of rotatable bonds is 4. The fraction of sp³-hybridized carbons (Fsp3) is 0. The summed E-state index contributed by atoms with van der Waals surface area (Å²) < 4.78 is 0. The number of aromatic nitrogens is 2. The summed E-state index contributed by atoms with van der Waals surface area (Å²) in [4.78, 5) is 21.5. The molecule has 6 heteroatoms. The standard InChI is InChI=1S/C22H15ClN4O/c23-19-9-3-1-8-17(19)21-12-18(16-7-2-4-10-20(16)26-21)22(28)27-25-14-15-6-5-11-24-13-15/h1-14H,(H,27,28)/b25-14-. The molecule has 0 saturated carbocycles. The van der Waals surface area contributed by atoms with E-state index in [0.29, 0.717) is 21.8 Å². The van der Waals surface area contributed by atoms with Crippen LogP contribution in [0.3, 0.4) is 0 Å². The van der Waals surface area contributed by atoms with Gasteiger partial charge in [-0.3, -0.25) is 9.78 Å². The van der Waals surface area contributed by atoms with E-state index in [2.05, 4.69) is 20.5 Å². The number of carbonyl (C=O) groups excluding carboxylic acids is 1. The van der Waals surface area contributed by atoms with E-state index in [1.165, 1.54) is 0 Å². The third-order valence-corrected chi connectivity index (χ3v) is 4.50. The predicted octanol–water partition coefficient (Wildman–Crippen LogP) is 4.71. The zero-order chi connectivity index (χ0) is 19.3. The summed E-state index contributed by atoms with van der Waals surface area (Å²) in [5.41, 5.74) is 5.95. The van der Waals surface area contributed by atoms with Gasteiger partial charge in [0.05, 0.1) is 23.0 Å². The Bertz CT molecular complexity index is 1180. The molecule has 28 heavy (non-hydrogen) atoms. The van der Waals surface area contributed by atoms with Crippen molar-refractivity contribution >= 4 is 34.6 Å². The fourth-order valence-corrected chi connectivity index (χ4v) is 3.08. The van der Waals surface area contributed by atoms with Gasteiger partial charge in [0.15, 0.2) is 0 Å². The zero-order valence-electron chi connectivity index (χ0n) is 14.7. The molecule has 0 aliphatic rings. The van der Waals surface area contributed by atoms with Gasteiger partial charge >= 0.3 is 0 Å². The minimum Gasteiger partial charge on any atom is -0.267 e. The quantitative estimate of drug-likeness (QED) is 0.408. The van der Waals surface area contributed by atoms with Crippen LogP contribution in [0, 0.1) is 0 Å². The lowest BCUT2D eigenvalue weighted by Crippen LogP contribution is -2.18. The van der Waals surface area contributed by atoms with Crippen molar-refractivity contribution < 1.29 is 4.79 Å². The molecule has 2 aromatic carbocycles. The van der Waals surface area contributed by atoms with E-state index in [9.17, 15) is 4.79 Å². The van der Waals surface area contributed by atoms with Crippen molar-refractivity contribution in [2.45, 2.75) is 0 Å². The number of hydrazone groups is 1. The van der Waals surface area contributed by atoms with Gasteiger partial charge in [0, 0.05) is 33.9 Å². The summed E-state index contributed by atoms with van der Waals surface area (Å²) in [6.07, 6.45) is 4.88. The van der Waals surface area contributed by atoms with Gasteiger partial charge in [-0.2, -0.15) is 5.10 Å². The molecule has 0 spiro atoms. The molecule has 0 atom stereocenters. The van der Waals surface area contributed by atoms with Crippen molar-refractivity contribution in [3.05, 3.63) is 95.3 Å². The molecule has 0 unspecified atom stereocenters. The minimum atomic E-state index is -0.327. The van der Waals surface area contributed by atoms with Gasteiger partial charge in [0.1, 0.15) is 0 Å². The minimum absolute atomic E-state index is 0.327. The van der Waals surface area contributed by atoms with Crippen LogP contribution < -0.4 is 5.43 Å². The molecule has 2 heterocycles. The number of nitrogens with zero attached hydrogens (tertiary/aromatic N) is 3. The van der Waals surface area contributed by atoms with E-state index in [1.807, 2.05) is 48.5 Å². The smallest absolute Gasteiger partial charge is 0.267 e. The maximum absolute atomic E-state index is 12.8. The molecule has 4 rings (SSSR count). The lowest BCUT2D eigenvalue weighted by Gasteiger charge is -2.10. The van der Waals surface area contributed by atoms with Crippen LogP contribution in [-0.2, 0) is 0 Å². The van der Waals surface area contributed by atoms with E-state index >= 15 is 0 Å². The molecule has 0 aliphatic carbocycles. The second-order valence-corrected chi connectivity index (χ2v) is 6.44. The highest BCUT2D eigenvalue weighted by Crippen LogP contribution is 2.29. The average Bonchev–Trinajstić information content (AvgIpc) is 2.74. The van der Waals surface area contributed by atoms with E-state index < -0.39 is 0 Å². The van der Waals surface area contributed by atoms with E-state index in [0.717, 1.165) is 16.5 Å². The first-order valence-corrected chi connectivity index (χ1v) is 8.98. The Labute approximate surface area is 166 Å². The van der Waals surface area contributed by atoms with E-state index in [1.54, 1.807) is 36.8 Å². The van der Waals surface area contributed by atoms with Gasteiger partial charge in [-0.15, -0.1) is 0 Å². The molecule has 4 aromatic rings. The van der Waals surface area contributed by atoms with E-state index in [4.69, 9.17) is 11.6 Å². The lowest BCUT2D eigenvalue weighted by atomic mass is 10.0. The summed E-state index contributed by atoms with van der Waals surface area (Å²) in [6.45, 7) is 0. The van der Waals surface area contributed by atoms with Crippen molar-refractivity contribution in [3.8, 4) is 11.3 Å². The monoisotopic (exact) mass is 386 g/mol. The van der Waals surface area contributed by atoms with Crippen LogP contribution >= 0.6 is 11.6 Å². The second-order valence-electron chi connectivity index (χ2n) is 6.04. The third-order valence-electron chi connectivity index (χ3n) is 4.17. The molecule has 0 bridgehead atoms. The number of fused-ring (bicyclic) bond motifs is 1. The summed E-state index contributed by atoms with van der Waals surface area (Å²) in [6, 6.07) is 20.3. The van der Waals surface area contributed by atoms with Gasteiger partial charge < -0.3 is 0 Å². The molecular formula is C22H15ClN4O. The molecule has 0 saturated heterocycles. The topological polar surface area (TPSA) is 67.2 Å². The second kappa shape index (κ2) is 7.98. The highest BCUT2D eigenvalue weighted by Gasteiger charge is 2.14. The summed E-state index contributed by atoms with van der Waals surface area (Å²) in [5, 5.41) is 5.35. The largest absolute Gasteiger partial charge is 0.272 e. The van der Waals surface area contributed by atoms with Crippen LogP contribution in [0.1, 0.15) is 15.9 Å². The van der Waals surface area contributed by atoms with Crippen molar-refractivity contribution in [1.82, 2.24) is 15.4 Å². The molecular weight excluding hydrogens is 372 g/mol. The Kier molecular flexibility index (Phi) is 5.08. The number of carbonyl (C=O) groups is 1. The number of amides is 1. The Morgan fingerprint density at radius 1 is 1.04 bits per heavy atom. The highest BCUT2D eigenvalue weighted by molar-refractivity contribution is 6.33. The van der Waals surface area contributed by atoms with Crippen LogP contribution in [0.2, 0.25) is 5.02 Å². The van der Waals surface area contributed by atoms with Gasteiger partial charge in [0.2, 0.25) is 0 Å². The highest BCUT2D eigenvalue weighted by atomic mass is 35.5. The lowest BCUT2D eigenvalue weighted by molar-refractivity contribution is 0.0956. The number of benzene rings is 2. The van der Waals surface area contributed by atoms with Crippen LogP contribution in [0.5, 0.6) is 0 Å². The number of nitrogens with one attached hydrogen (secondary N) is 1. The van der Waals surface area contributed by atoms with Gasteiger partial charge in [-0.25, -0.2) is 10.4 Å². The zero-order valence-corrected chi connectivity index (χ0v) is 15.5. The number of para-hydroxylation sites is 1. The van der Waals surface area contributed by atoms with Crippen LogP contribution in [-0.4, -0.2) is 22.1 Å². The molecule has 136 valence electrons. The molecule has 0 aliphatic heterocycles. The Morgan fingerprint density at radius 2 is 1.86 bits per heavy atom. The fourth-order valence-electron chi connectivity index (χ4n) is 2.85. The number of pyridine rings is 2. The maximum Gasteiger partial charge on any atom is 0.272 e. The molecule has 2 aromatic heterocycles. The molecule has 1 amide bonds. The molecule has 1 N–H and O–H groups in total. The average molecular weight is 387 g/mol. The van der Waals surface area contributed by atoms with Crippen LogP contribution in [0.4, 0.5) is 0 Å². The summed E-state index contributed by atoms with van der Waals surface area (Å²) >= 11 is 6.32. The predicted molar refractivity (Wildman–Crippen MR) is 111 cm³/mol. The normalized spacial score (nSPS) is 11.0. The van der Waals surface area contributed by atoms with Crippen molar-refractivity contribution in [1.29, 1.82) is 0 Å². The van der Waals surface area contributed by atoms with Crippen LogP contribution in [0.25, 0.3) is 22.2 Å². The Morgan fingerprint density at radius 3 is 2.68 bits per heavy atom. The number of hydrogen-bond acceptors (Lipinski definition) is 4. The number of halogens is 1. The molecule has 5 nitrogen and oxygen atoms in total. The first kappa shape index (κ1) is 17.8. The molecule has 0 radical (unpaired) electrons. The summed E-state index contributed by atoms with van der Waals surface area (Å²) in [7, 11) is 0. The van der Waals surface area contributed by atoms with Crippen LogP contribution in [0.15, 0.2) is 84.2 Å². The maximum atomic E-state index is 12.8. The van der Waals surface area contributed by atoms with Gasteiger partial charge in [-0.05, 0) is 24.3 Å². The Hall–Kier alpha value is -3.57. The molecule has 0 fully saturated rings. The Balaban J connectivity index is 1.72. The van der Waals surface area contributed by atoms with Crippen molar-refractivity contribution in [2.24, 2.45) is 5.10 Å². The van der Waals surface area contributed by atoms with Crippen molar-refractivity contribution in [2.75, 3.05) is 0 Å². The first-order chi connectivity index (χ1) is 13.7. The summed E-state index contributed by atoms with van der Waals surface area (Å²) in [5.74, 6) is -0.327. The van der Waals surface area contributed by atoms with Gasteiger partial charge in [0.25, 0.3) is 5.91 Å². The SMILES string of the molecule is O=C(N/N=C\c1cccnc1)c1cc(-c2ccccc2Cl)nc2ccccc12. The number of hydrogen-bond donors (Lipinski definition) is 1. The first-order valence-electron chi connectivity index (χ1n) is 8.60.